The van der Waals surface area contributed by atoms with Crippen LogP contribution >= 0.6 is 11.6 Å². The molecule has 0 aliphatic heterocycles. The van der Waals surface area contributed by atoms with E-state index in [1.165, 1.54) is 42.9 Å². The molecule has 0 aliphatic rings. The van der Waals surface area contributed by atoms with Crippen molar-refractivity contribution in [2.45, 2.75) is 10.3 Å². The van der Waals surface area contributed by atoms with Crippen molar-refractivity contribution in [3.05, 3.63) is 59.5 Å². The Morgan fingerprint density at radius 1 is 1.23 bits per heavy atom. The average molecular weight is 449 g/mol. The van der Waals surface area contributed by atoms with Crippen LogP contribution in [0, 0.1) is 0 Å². The predicted octanol–water partition coefficient (Wildman–Crippen LogP) is 1.33. The van der Waals surface area contributed by atoms with Crippen molar-refractivity contribution < 1.29 is 18.3 Å². The highest BCUT2D eigenvalue weighted by Crippen LogP contribution is 2.34. The molecule has 6 N–H and O–H groups in total. The fourth-order valence-corrected chi connectivity index (χ4v) is 4.64. The number of nitrogens with zero attached hydrogens (tertiary/aromatic N) is 3. The molecule has 0 radical (unpaired) electrons. The van der Waals surface area contributed by atoms with Crippen LogP contribution in [0.2, 0.25) is 5.02 Å². The molecule has 2 heterocycles. The average Bonchev–Trinajstić information content (AvgIpc) is 2.70. The molecule has 0 amide bonds. The topological polar surface area (TPSA) is 174 Å². The second-order valence-electron chi connectivity index (χ2n) is 6.16. The molecular formula is C18H17ClN6O4S. The number of nitrogens with one attached hydrogen (secondary N) is 1. The smallest absolute Gasteiger partial charge is 0.317 e. The number of aromatic nitrogens is 2. The largest absolute Gasteiger partial charge is 0.480 e. The summed E-state index contributed by atoms with van der Waals surface area (Å²) in [5, 5.41) is 11.3. The first-order chi connectivity index (χ1) is 14.2. The standard InChI is InChI=1S/C18H17ClN6O4S/c19-14-8-23-16(25-18(20)21)13-6-11(3-4-12(13)14)30(28,29)17(24-9-15(26)27)10-2-1-5-22-7-10/h1-8,17,24H,9H2,(H,26,27)(H4,20,21,23,25). The van der Waals surface area contributed by atoms with E-state index in [9.17, 15) is 13.2 Å². The van der Waals surface area contributed by atoms with E-state index in [0.717, 1.165) is 0 Å². The summed E-state index contributed by atoms with van der Waals surface area (Å²) >= 11 is 6.17. The molecule has 0 bridgehead atoms. The van der Waals surface area contributed by atoms with Crippen LogP contribution in [0.4, 0.5) is 5.82 Å². The minimum Gasteiger partial charge on any atom is -0.480 e. The molecule has 2 aromatic heterocycles. The summed E-state index contributed by atoms with van der Waals surface area (Å²) in [5.41, 5.74) is 11.2. The van der Waals surface area contributed by atoms with Gasteiger partial charge in [0.05, 0.1) is 16.5 Å². The third-order valence-electron chi connectivity index (χ3n) is 4.09. The molecule has 3 aromatic rings. The number of benzene rings is 1. The van der Waals surface area contributed by atoms with E-state index in [0.29, 0.717) is 10.8 Å². The molecule has 0 saturated carbocycles. The van der Waals surface area contributed by atoms with Crippen molar-refractivity contribution >= 4 is 50.0 Å². The lowest BCUT2D eigenvalue weighted by Crippen LogP contribution is -2.33. The third-order valence-corrected chi connectivity index (χ3v) is 6.36. The third kappa shape index (κ3) is 4.48. The SMILES string of the molecule is NC(N)=Nc1ncc(Cl)c2ccc(S(=O)(=O)C(NCC(=O)O)c3cccnc3)cc12. The van der Waals surface area contributed by atoms with E-state index in [2.05, 4.69) is 20.3 Å². The van der Waals surface area contributed by atoms with E-state index in [1.807, 2.05) is 0 Å². The van der Waals surface area contributed by atoms with Crippen molar-refractivity contribution in [3.8, 4) is 0 Å². The van der Waals surface area contributed by atoms with Gasteiger partial charge >= 0.3 is 5.97 Å². The zero-order chi connectivity index (χ0) is 21.9. The fraction of sp³-hybridized carbons (Fsp3) is 0.111. The van der Waals surface area contributed by atoms with E-state index in [-0.39, 0.29) is 27.3 Å². The van der Waals surface area contributed by atoms with Crippen LogP contribution in [-0.2, 0) is 14.6 Å². The van der Waals surface area contributed by atoms with E-state index >= 15 is 0 Å². The molecule has 1 aromatic carbocycles. The van der Waals surface area contributed by atoms with Crippen LogP contribution in [-0.4, -0.2) is 42.0 Å². The van der Waals surface area contributed by atoms with E-state index in [1.54, 1.807) is 6.07 Å². The number of rotatable bonds is 7. The number of hydrogen-bond acceptors (Lipinski definition) is 7. The summed E-state index contributed by atoms with van der Waals surface area (Å²) in [6.45, 7) is -0.570. The maximum atomic E-state index is 13.4. The first kappa shape index (κ1) is 21.4. The summed E-state index contributed by atoms with van der Waals surface area (Å²) in [7, 11) is -4.10. The minimum absolute atomic E-state index is 0.0992. The molecule has 156 valence electrons. The molecule has 3 rings (SSSR count). The van der Waals surface area contributed by atoms with Gasteiger partial charge in [-0.2, -0.15) is 4.99 Å². The maximum Gasteiger partial charge on any atom is 0.317 e. The molecule has 12 heteroatoms. The van der Waals surface area contributed by atoms with E-state index < -0.39 is 27.7 Å². The number of carboxylic acids is 1. The van der Waals surface area contributed by atoms with Crippen molar-refractivity contribution in [1.29, 1.82) is 0 Å². The molecule has 1 atom stereocenters. The number of aliphatic carboxylic acids is 1. The molecule has 10 nitrogen and oxygen atoms in total. The van der Waals surface area contributed by atoms with Crippen LogP contribution in [0.3, 0.4) is 0 Å². The van der Waals surface area contributed by atoms with Gasteiger partial charge in [-0.05, 0) is 18.2 Å². The summed E-state index contributed by atoms with van der Waals surface area (Å²) in [6, 6.07) is 7.32. The highest BCUT2D eigenvalue weighted by molar-refractivity contribution is 7.91. The van der Waals surface area contributed by atoms with Gasteiger partial charge < -0.3 is 16.6 Å². The number of hydrogen-bond donors (Lipinski definition) is 4. The number of halogens is 1. The summed E-state index contributed by atoms with van der Waals surface area (Å²) in [6.07, 6.45) is 4.18. The lowest BCUT2D eigenvalue weighted by Gasteiger charge is -2.19. The molecule has 0 aliphatic carbocycles. The number of fused-ring (bicyclic) bond motifs is 1. The van der Waals surface area contributed by atoms with Crippen LogP contribution in [0.1, 0.15) is 10.9 Å². The quantitative estimate of drug-likeness (QED) is 0.307. The Labute approximate surface area is 176 Å². The highest BCUT2D eigenvalue weighted by atomic mass is 35.5. The van der Waals surface area contributed by atoms with Gasteiger partial charge in [-0.15, -0.1) is 0 Å². The lowest BCUT2D eigenvalue weighted by molar-refractivity contribution is -0.136. The molecule has 0 spiro atoms. The Balaban J connectivity index is 2.17. The Bertz CT molecular complexity index is 1230. The molecule has 1 unspecified atom stereocenters. The first-order valence-corrected chi connectivity index (χ1v) is 10.4. The van der Waals surface area contributed by atoms with Crippen LogP contribution < -0.4 is 16.8 Å². The number of nitrogens with two attached hydrogens (primary N) is 2. The Hall–Kier alpha value is -3.28. The van der Waals surface area contributed by atoms with Gasteiger partial charge in [-0.1, -0.05) is 23.7 Å². The van der Waals surface area contributed by atoms with Crippen molar-refractivity contribution in [3.63, 3.8) is 0 Å². The number of carbonyl (C=O) groups is 1. The van der Waals surface area contributed by atoms with Crippen LogP contribution in [0.15, 0.2) is 58.8 Å². The minimum atomic E-state index is -4.10. The maximum absolute atomic E-state index is 13.4. The predicted molar refractivity (Wildman–Crippen MR) is 112 cm³/mol. The Kier molecular flexibility index (Phi) is 6.15. The number of sulfone groups is 1. The van der Waals surface area contributed by atoms with Crippen molar-refractivity contribution in [1.82, 2.24) is 15.3 Å². The molecule has 0 saturated heterocycles. The van der Waals surface area contributed by atoms with Gasteiger partial charge in [0.15, 0.2) is 21.6 Å². The number of aliphatic imine (C=N–C) groups is 1. The van der Waals surface area contributed by atoms with E-state index in [4.69, 9.17) is 28.2 Å². The Morgan fingerprint density at radius 3 is 2.63 bits per heavy atom. The number of carboxylic acid groups (broad SMARTS) is 1. The van der Waals surface area contributed by atoms with Crippen LogP contribution in [0.25, 0.3) is 10.8 Å². The summed E-state index contributed by atoms with van der Waals surface area (Å²) in [5.74, 6) is -1.36. The van der Waals surface area contributed by atoms with Gasteiger partial charge in [-0.3, -0.25) is 15.1 Å². The highest BCUT2D eigenvalue weighted by Gasteiger charge is 2.30. The van der Waals surface area contributed by atoms with Gasteiger partial charge in [0.25, 0.3) is 0 Å². The second kappa shape index (κ2) is 8.61. The zero-order valence-electron chi connectivity index (χ0n) is 15.4. The lowest BCUT2D eigenvalue weighted by atomic mass is 10.1. The van der Waals surface area contributed by atoms with Gasteiger partial charge in [0.2, 0.25) is 0 Å². The van der Waals surface area contributed by atoms with Crippen molar-refractivity contribution in [2.24, 2.45) is 16.5 Å². The molecule has 0 fully saturated rings. The molecule has 30 heavy (non-hydrogen) atoms. The number of pyridine rings is 2. The summed E-state index contributed by atoms with van der Waals surface area (Å²) < 4.78 is 26.8. The second-order valence-corrected chi connectivity index (χ2v) is 8.60. The fourth-order valence-electron chi connectivity index (χ4n) is 2.82. The summed E-state index contributed by atoms with van der Waals surface area (Å²) in [4.78, 5) is 22.8. The van der Waals surface area contributed by atoms with Gasteiger partial charge in [-0.25, -0.2) is 13.4 Å². The van der Waals surface area contributed by atoms with Crippen molar-refractivity contribution in [2.75, 3.05) is 6.54 Å². The monoisotopic (exact) mass is 448 g/mol. The first-order valence-electron chi connectivity index (χ1n) is 8.47. The molecular weight excluding hydrogens is 432 g/mol. The van der Waals surface area contributed by atoms with Gasteiger partial charge in [0, 0.05) is 34.9 Å². The Morgan fingerprint density at radius 2 is 2.00 bits per heavy atom. The van der Waals surface area contributed by atoms with Crippen LogP contribution in [0.5, 0.6) is 0 Å². The zero-order valence-corrected chi connectivity index (χ0v) is 16.9. The normalized spacial score (nSPS) is 12.4. The number of guanidine groups is 1. The van der Waals surface area contributed by atoms with Gasteiger partial charge in [0.1, 0.15) is 5.37 Å².